The van der Waals surface area contributed by atoms with Crippen molar-refractivity contribution in [3.63, 3.8) is 0 Å². The van der Waals surface area contributed by atoms with E-state index in [1.165, 1.54) is 12.4 Å². The molecule has 2 aromatic carbocycles. The molecule has 0 unspecified atom stereocenters. The molecule has 0 fully saturated rings. The van der Waals surface area contributed by atoms with Crippen molar-refractivity contribution < 1.29 is 18.7 Å². The first-order valence-electron chi connectivity index (χ1n) is 9.91. The minimum Gasteiger partial charge on any atom is -0.491 e. The summed E-state index contributed by atoms with van der Waals surface area (Å²) < 4.78 is 25.4. The Morgan fingerprint density at radius 1 is 1.31 bits per heavy atom. The van der Waals surface area contributed by atoms with E-state index in [9.17, 15) is 9.18 Å². The Morgan fingerprint density at radius 2 is 2.09 bits per heavy atom. The molecule has 1 heterocycles. The number of ether oxygens (including phenoxy) is 2. The van der Waals surface area contributed by atoms with E-state index < -0.39 is 17.8 Å². The summed E-state index contributed by atoms with van der Waals surface area (Å²) in [5, 5.41) is 3.65. The van der Waals surface area contributed by atoms with Crippen molar-refractivity contribution in [2.45, 2.75) is 19.5 Å². The van der Waals surface area contributed by atoms with Crippen LogP contribution >= 0.6 is 11.6 Å². The summed E-state index contributed by atoms with van der Waals surface area (Å²) in [7, 11) is 3.38. The van der Waals surface area contributed by atoms with Gasteiger partial charge in [-0.2, -0.15) is 0 Å². The molecule has 3 N–H and O–H groups in total. The van der Waals surface area contributed by atoms with Gasteiger partial charge in [-0.3, -0.25) is 9.69 Å². The number of halogens is 2. The van der Waals surface area contributed by atoms with Gasteiger partial charge < -0.3 is 20.5 Å². The molecule has 1 atom stereocenters. The summed E-state index contributed by atoms with van der Waals surface area (Å²) in [5.41, 5.74) is 7.03. The van der Waals surface area contributed by atoms with E-state index in [2.05, 4.69) is 15.3 Å². The molecule has 8 nitrogen and oxygen atoms in total. The summed E-state index contributed by atoms with van der Waals surface area (Å²) in [6, 6.07) is 7.84. The number of benzene rings is 2. The van der Waals surface area contributed by atoms with Crippen LogP contribution in [0.1, 0.15) is 12.5 Å². The minimum atomic E-state index is -0.573. The fraction of sp³-hybridized carbons (Fsp3) is 0.318. The number of nitrogens with one attached hydrogen (secondary N) is 1. The van der Waals surface area contributed by atoms with E-state index in [0.717, 1.165) is 5.56 Å². The molecule has 3 aromatic rings. The second-order valence-corrected chi connectivity index (χ2v) is 7.67. The normalized spacial score (nSPS) is 12.2. The van der Waals surface area contributed by atoms with Crippen molar-refractivity contribution in [2.24, 2.45) is 5.73 Å². The van der Waals surface area contributed by atoms with E-state index >= 15 is 0 Å². The molecule has 0 aliphatic heterocycles. The Hall–Kier alpha value is -3.01. The first kappa shape index (κ1) is 23.6. The molecular weight excluding hydrogens is 437 g/mol. The lowest BCUT2D eigenvalue weighted by Crippen LogP contribution is -2.39. The van der Waals surface area contributed by atoms with Crippen LogP contribution in [0.3, 0.4) is 0 Å². The van der Waals surface area contributed by atoms with Gasteiger partial charge in [-0.1, -0.05) is 17.7 Å². The predicted molar refractivity (Wildman–Crippen MR) is 122 cm³/mol. The third-order valence-electron chi connectivity index (χ3n) is 5.06. The molecule has 0 spiro atoms. The number of carbonyl (C=O) groups excluding carboxylic acids is 1. The van der Waals surface area contributed by atoms with Crippen molar-refractivity contribution in [3.8, 4) is 5.75 Å². The van der Waals surface area contributed by atoms with Crippen LogP contribution in [0.5, 0.6) is 5.75 Å². The van der Waals surface area contributed by atoms with Crippen molar-refractivity contribution in [2.75, 3.05) is 32.7 Å². The van der Waals surface area contributed by atoms with Crippen LogP contribution in [0, 0.1) is 5.82 Å². The summed E-state index contributed by atoms with van der Waals surface area (Å²) in [6.07, 6.45) is 1.38. The third kappa shape index (κ3) is 5.42. The summed E-state index contributed by atoms with van der Waals surface area (Å²) in [6.45, 7) is 2.86. The van der Waals surface area contributed by atoms with Crippen LogP contribution in [-0.4, -0.2) is 54.2 Å². The number of likely N-dealkylation sites (N-methyl/N-ethyl adjacent to an activating group) is 1. The number of amides is 1. The highest BCUT2D eigenvalue weighted by Gasteiger charge is 2.19. The van der Waals surface area contributed by atoms with Crippen molar-refractivity contribution in [1.29, 1.82) is 0 Å². The SMILES string of the molecule is COCCOc1cc2ncnc(Nc3cccc(Cl)c3F)c2cc1CN(C)[C@H](C)C(N)=O. The quantitative estimate of drug-likeness (QED) is 0.445. The van der Waals surface area contributed by atoms with Gasteiger partial charge in [0.2, 0.25) is 5.91 Å². The van der Waals surface area contributed by atoms with Gasteiger partial charge >= 0.3 is 0 Å². The lowest BCUT2D eigenvalue weighted by molar-refractivity contribution is -0.122. The van der Waals surface area contributed by atoms with Crippen LogP contribution in [0.2, 0.25) is 5.02 Å². The van der Waals surface area contributed by atoms with Gasteiger partial charge in [-0.05, 0) is 32.2 Å². The molecule has 3 rings (SSSR count). The maximum absolute atomic E-state index is 14.4. The third-order valence-corrected chi connectivity index (χ3v) is 5.35. The van der Waals surface area contributed by atoms with Gasteiger partial charge in [0, 0.05) is 30.7 Å². The summed E-state index contributed by atoms with van der Waals surface area (Å²) >= 11 is 5.90. The van der Waals surface area contributed by atoms with E-state index in [-0.39, 0.29) is 10.7 Å². The summed E-state index contributed by atoms with van der Waals surface area (Å²) in [5.74, 6) is -0.00364. The highest BCUT2D eigenvalue weighted by atomic mass is 35.5. The van der Waals surface area contributed by atoms with Gasteiger partial charge in [-0.15, -0.1) is 0 Å². The fourth-order valence-electron chi connectivity index (χ4n) is 3.07. The number of anilines is 2. The van der Waals surface area contributed by atoms with Crippen molar-refractivity contribution in [1.82, 2.24) is 14.9 Å². The van der Waals surface area contributed by atoms with Gasteiger partial charge in [0.05, 0.1) is 28.9 Å². The van der Waals surface area contributed by atoms with E-state index in [1.54, 1.807) is 44.2 Å². The molecule has 170 valence electrons. The Labute approximate surface area is 190 Å². The van der Waals surface area contributed by atoms with Gasteiger partial charge in [0.15, 0.2) is 5.82 Å². The number of aromatic nitrogens is 2. The molecule has 0 radical (unpaired) electrons. The molecule has 1 amide bonds. The van der Waals surface area contributed by atoms with Crippen LogP contribution in [-0.2, 0) is 16.1 Å². The average Bonchev–Trinajstić information content (AvgIpc) is 2.77. The molecule has 0 bridgehead atoms. The molecule has 0 aliphatic carbocycles. The van der Waals surface area contributed by atoms with Crippen LogP contribution in [0.15, 0.2) is 36.7 Å². The minimum absolute atomic E-state index is 0.00458. The topological polar surface area (TPSA) is 103 Å². The number of methoxy groups -OCH3 is 1. The summed E-state index contributed by atoms with van der Waals surface area (Å²) in [4.78, 5) is 22.0. The lowest BCUT2D eigenvalue weighted by atomic mass is 10.1. The molecule has 0 saturated heterocycles. The number of hydrogen-bond acceptors (Lipinski definition) is 7. The Balaban J connectivity index is 2.03. The highest BCUT2D eigenvalue weighted by molar-refractivity contribution is 6.31. The highest BCUT2D eigenvalue weighted by Crippen LogP contribution is 2.32. The van der Waals surface area contributed by atoms with Crippen LogP contribution in [0.4, 0.5) is 15.9 Å². The largest absolute Gasteiger partial charge is 0.491 e. The smallest absolute Gasteiger partial charge is 0.234 e. The zero-order valence-corrected chi connectivity index (χ0v) is 18.8. The van der Waals surface area contributed by atoms with Gasteiger partial charge in [0.1, 0.15) is 24.5 Å². The first-order valence-corrected chi connectivity index (χ1v) is 10.3. The molecule has 32 heavy (non-hydrogen) atoms. The maximum atomic E-state index is 14.4. The van der Waals surface area contributed by atoms with Crippen LogP contribution < -0.4 is 15.8 Å². The van der Waals surface area contributed by atoms with Crippen molar-refractivity contribution in [3.05, 3.63) is 53.1 Å². The van der Waals surface area contributed by atoms with E-state index in [0.29, 0.717) is 42.2 Å². The average molecular weight is 462 g/mol. The Morgan fingerprint density at radius 3 is 2.81 bits per heavy atom. The molecule has 10 heteroatoms. The number of hydrogen-bond donors (Lipinski definition) is 2. The number of rotatable bonds is 10. The van der Waals surface area contributed by atoms with E-state index in [1.807, 2.05) is 6.07 Å². The molecular formula is C22H25ClFN5O3. The van der Waals surface area contributed by atoms with E-state index in [4.69, 9.17) is 26.8 Å². The van der Waals surface area contributed by atoms with Gasteiger partial charge in [0.25, 0.3) is 0 Å². The van der Waals surface area contributed by atoms with Crippen LogP contribution in [0.25, 0.3) is 10.9 Å². The number of nitrogens with two attached hydrogens (primary N) is 1. The standard InChI is InChI=1S/C22H25ClFN5O3/c1-13(21(25)30)29(2)11-14-9-15-18(10-19(14)32-8-7-31-3)26-12-27-22(15)28-17-6-4-5-16(23)20(17)24/h4-6,9-10,12-13H,7-8,11H2,1-3H3,(H2,25,30)(H,26,27,28)/t13-/m1/s1. The molecule has 0 aliphatic rings. The molecule has 1 aromatic heterocycles. The monoisotopic (exact) mass is 461 g/mol. The number of fused-ring (bicyclic) bond motifs is 1. The van der Waals surface area contributed by atoms with Crippen molar-refractivity contribution >= 4 is 39.9 Å². The second kappa shape index (κ2) is 10.5. The lowest BCUT2D eigenvalue weighted by Gasteiger charge is -2.23. The predicted octanol–water partition coefficient (Wildman–Crippen LogP) is 3.50. The number of primary amides is 1. The fourth-order valence-corrected chi connectivity index (χ4v) is 3.25. The zero-order valence-electron chi connectivity index (χ0n) is 18.1. The van der Waals surface area contributed by atoms with Gasteiger partial charge in [-0.25, -0.2) is 14.4 Å². The zero-order chi connectivity index (χ0) is 23.3. The second-order valence-electron chi connectivity index (χ2n) is 7.26. The maximum Gasteiger partial charge on any atom is 0.234 e. The molecule has 0 saturated carbocycles. The number of nitrogens with zero attached hydrogens (tertiary/aromatic N) is 3. The Kier molecular flexibility index (Phi) is 7.79. The number of carbonyl (C=O) groups is 1. The Bertz CT molecular complexity index is 1110. The first-order chi connectivity index (χ1) is 15.3.